The number of rotatable bonds is 7. The van der Waals surface area contributed by atoms with Crippen molar-refractivity contribution in [1.82, 2.24) is 10.2 Å². The molecule has 1 fully saturated rings. The molecule has 3 aromatic carbocycles. The Hall–Kier alpha value is -3.84. The van der Waals surface area contributed by atoms with Gasteiger partial charge in [-0.2, -0.15) is 0 Å². The zero-order chi connectivity index (χ0) is 22.3. The third-order valence-corrected chi connectivity index (χ3v) is 5.57. The van der Waals surface area contributed by atoms with E-state index in [1.165, 1.54) is 0 Å². The van der Waals surface area contributed by atoms with E-state index in [-0.39, 0.29) is 30.1 Å². The largest absolute Gasteiger partial charge is 0.457 e. The predicted molar refractivity (Wildman–Crippen MR) is 124 cm³/mol. The zero-order valence-electron chi connectivity index (χ0n) is 17.1. The Morgan fingerprint density at radius 3 is 2.34 bits per heavy atom. The van der Waals surface area contributed by atoms with E-state index < -0.39 is 0 Å². The number of nitrogens with one attached hydrogen (secondary N) is 1. The SMILES string of the molecule is O=C(NCCN1C(=O)SC(=Cc2ccccc2)C1=O)c1cccc(Oc2ccccc2)c1. The molecule has 0 aliphatic carbocycles. The van der Waals surface area contributed by atoms with Crippen LogP contribution in [-0.2, 0) is 4.79 Å². The zero-order valence-corrected chi connectivity index (χ0v) is 17.9. The lowest BCUT2D eigenvalue weighted by atomic mass is 10.2. The van der Waals surface area contributed by atoms with Gasteiger partial charge in [-0.25, -0.2) is 0 Å². The molecule has 32 heavy (non-hydrogen) atoms. The smallest absolute Gasteiger partial charge is 0.293 e. The Kier molecular flexibility index (Phi) is 6.67. The molecule has 6 nitrogen and oxygen atoms in total. The standard InChI is InChI=1S/C25H20N2O4S/c28-23(19-10-7-13-21(17-19)31-20-11-5-2-6-12-20)26-14-15-27-24(29)22(32-25(27)30)16-18-8-3-1-4-9-18/h1-13,16-17H,14-15H2,(H,26,28). The van der Waals surface area contributed by atoms with E-state index >= 15 is 0 Å². The minimum Gasteiger partial charge on any atom is -0.457 e. The fourth-order valence-electron chi connectivity index (χ4n) is 3.10. The van der Waals surface area contributed by atoms with Gasteiger partial charge < -0.3 is 10.1 Å². The van der Waals surface area contributed by atoms with E-state index in [0.29, 0.717) is 22.0 Å². The summed E-state index contributed by atoms with van der Waals surface area (Å²) >= 11 is 0.904. The molecule has 1 heterocycles. The van der Waals surface area contributed by atoms with E-state index in [0.717, 1.165) is 22.2 Å². The van der Waals surface area contributed by atoms with Crippen LogP contribution in [0.15, 0.2) is 89.8 Å². The third kappa shape index (κ3) is 5.25. The highest BCUT2D eigenvalue weighted by Crippen LogP contribution is 2.31. The molecule has 0 saturated carbocycles. The monoisotopic (exact) mass is 444 g/mol. The third-order valence-electron chi connectivity index (χ3n) is 4.67. The molecule has 0 bridgehead atoms. The van der Waals surface area contributed by atoms with Gasteiger partial charge in [-0.15, -0.1) is 0 Å². The number of imide groups is 1. The Balaban J connectivity index is 1.33. The molecule has 0 atom stereocenters. The van der Waals surface area contributed by atoms with Gasteiger partial charge in [0.15, 0.2) is 0 Å². The Morgan fingerprint density at radius 2 is 1.59 bits per heavy atom. The van der Waals surface area contributed by atoms with Crippen LogP contribution in [0.5, 0.6) is 11.5 Å². The van der Waals surface area contributed by atoms with Crippen LogP contribution in [0.1, 0.15) is 15.9 Å². The van der Waals surface area contributed by atoms with Crippen LogP contribution < -0.4 is 10.1 Å². The molecular weight excluding hydrogens is 424 g/mol. The second-order valence-corrected chi connectivity index (χ2v) is 7.94. The molecule has 0 spiro atoms. The number of para-hydroxylation sites is 1. The molecule has 3 aromatic rings. The van der Waals surface area contributed by atoms with E-state index in [9.17, 15) is 14.4 Å². The number of carbonyl (C=O) groups excluding carboxylic acids is 3. The summed E-state index contributed by atoms with van der Waals surface area (Å²) in [6.07, 6.45) is 1.70. The van der Waals surface area contributed by atoms with Crippen molar-refractivity contribution in [2.75, 3.05) is 13.1 Å². The topological polar surface area (TPSA) is 75.7 Å². The minimum atomic E-state index is -0.351. The van der Waals surface area contributed by atoms with Crippen molar-refractivity contribution >= 4 is 34.9 Å². The highest BCUT2D eigenvalue weighted by molar-refractivity contribution is 8.18. The molecule has 1 saturated heterocycles. The summed E-state index contributed by atoms with van der Waals surface area (Å²) in [5.41, 5.74) is 1.28. The van der Waals surface area contributed by atoms with Crippen LogP contribution in [0.4, 0.5) is 4.79 Å². The summed E-state index contributed by atoms with van der Waals surface area (Å²) in [5.74, 6) is 0.556. The first-order valence-electron chi connectivity index (χ1n) is 10.0. The van der Waals surface area contributed by atoms with Gasteiger partial charge in [0.2, 0.25) is 0 Å². The molecule has 4 rings (SSSR count). The van der Waals surface area contributed by atoms with Gasteiger partial charge in [0.1, 0.15) is 11.5 Å². The number of nitrogens with zero attached hydrogens (tertiary/aromatic N) is 1. The molecule has 0 unspecified atom stereocenters. The maximum atomic E-state index is 12.6. The molecular formula is C25H20N2O4S. The lowest BCUT2D eigenvalue weighted by molar-refractivity contribution is -0.122. The van der Waals surface area contributed by atoms with Crippen LogP contribution in [0.25, 0.3) is 6.08 Å². The van der Waals surface area contributed by atoms with Crippen molar-refractivity contribution < 1.29 is 19.1 Å². The highest BCUT2D eigenvalue weighted by Gasteiger charge is 2.34. The van der Waals surface area contributed by atoms with Crippen LogP contribution in [0.3, 0.4) is 0 Å². The fourth-order valence-corrected chi connectivity index (χ4v) is 3.97. The van der Waals surface area contributed by atoms with E-state index in [1.807, 2.05) is 60.7 Å². The number of amides is 3. The summed E-state index contributed by atoms with van der Waals surface area (Å²) in [4.78, 5) is 38.9. The molecule has 160 valence electrons. The maximum absolute atomic E-state index is 12.6. The first kappa shape index (κ1) is 21.4. The summed E-state index contributed by atoms with van der Waals surface area (Å²) in [5, 5.41) is 2.41. The van der Waals surface area contributed by atoms with Gasteiger partial charge in [0.05, 0.1) is 4.91 Å². The Bertz CT molecular complexity index is 1160. The van der Waals surface area contributed by atoms with E-state index in [2.05, 4.69) is 5.32 Å². The first-order chi connectivity index (χ1) is 15.6. The number of benzene rings is 3. The second kappa shape index (κ2) is 9.98. The first-order valence-corrected chi connectivity index (χ1v) is 10.8. The van der Waals surface area contributed by atoms with Crippen LogP contribution in [0, 0.1) is 0 Å². The van der Waals surface area contributed by atoms with Crippen molar-refractivity contribution in [1.29, 1.82) is 0 Å². The normalized spacial score (nSPS) is 14.6. The molecule has 7 heteroatoms. The van der Waals surface area contributed by atoms with Crippen molar-refractivity contribution in [3.63, 3.8) is 0 Å². The summed E-state index contributed by atoms with van der Waals surface area (Å²) in [6.45, 7) is 0.252. The van der Waals surface area contributed by atoms with E-state index in [1.54, 1.807) is 30.3 Å². The van der Waals surface area contributed by atoms with Crippen molar-refractivity contribution in [2.24, 2.45) is 0 Å². The van der Waals surface area contributed by atoms with Crippen LogP contribution in [-0.4, -0.2) is 35.0 Å². The number of carbonyl (C=O) groups is 3. The minimum absolute atomic E-state index is 0.0999. The predicted octanol–water partition coefficient (Wildman–Crippen LogP) is 4.95. The number of hydrogen-bond acceptors (Lipinski definition) is 5. The van der Waals surface area contributed by atoms with Crippen molar-refractivity contribution in [3.05, 3.63) is 101 Å². The summed E-state index contributed by atoms with van der Waals surface area (Å²) < 4.78 is 5.76. The van der Waals surface area contributed by atoms with Crippen molar-refractivity contribution in [2.45, 2.75) is 0 Å². The second-order valence-electron chi connectivity index (χ2n) is 6.94. The molecule has 3 amide bonds. The van der Waals surface area contributed by atoms with Crippen LogP contribution in [0.2, 0.25) is 0 Å². The molecule has 1 N–H and O–H groups in total. The Morgan fingerprint density at radius 1 is 0.906 bits per heavy atom. The van der Waals surface area contributed by atoms with Gasteiger partial charge in [0, 0.05) is 18.7 Å². The van der Waals surface area contributed by atoms with Crippen molar-refractivity contribution in [3.8, 4) is 11.5 Å². The average Bonchev–Trinajstić information content (AvgIpc) is 3.08. The lowest BCUT2D eigenvalue weighted by Crippen LogP contribution is -2.37. The molecule has 0 aromatic heterocycles. The highest BCUT2D eigenvalue weighted by atomic mass is 32.2. The van der Waals surface area contributed by atoms with Crippen LogP contribution >= 0.6 is 11.8 Å². The number of thioether (sulfide) groups is 1. The van der Waals surface area contributed by atoms with Gasteiger partial charge in [0.25, 0.3) is 17.1 Å². The Labute approximate surface area is 189 Å². The quantitative estimate of drug-likeness (QED) is 0.522. The average molecular weight is 445 g/mol. The van der Waals surface area contributed by atoms with Gasteiger partial charge in [-0.1, -0.05) is 54.6 Å². The molecule has 0 radical (unpaired) electrons. The summed E-state index contributed by atoms with van der Waals surface area (Å²) in [7, 11) is 0. The fraction of sp³-hybridized carbons (Fsp3) is 0.0800. The summed E-state index contributed by atoms with van der Waals surface area (Å²) in [6, 6.07) is 25.5. The molecule has 1 aliphatic heterocycles. The molecule has 1 aliphatic rings. The van der Waals surface area contributed by atoms with Gasteiger partial charge >= 0.3 is 0 Å². The maximum Gasteiger partial charge on any atom is 0.293 e. The number of hydrogen-bond donors (Lipinski definition) is 1. The lowest BCUT2D eigenvalue weighted by Gasteiger charge is -2.13. The van der Waals surface area contributed by atoms with E-state index in [4.69, 9.17) is 4.74 Å². The number of ether oxygens (including phenoxy) is 1. The van der Waals surface area contributed by atoms with Gasteiger partial charge in [-0.05, 0) is 53.7 Å². The van der Waals surface area contributed by atoms with Gasteiger partial charge in [-0.3, -0.25) is 19.3 Å².